The molecule has 2 N–H and O–H groups in total. The summed E-state index contributed by atoms with van der Waals surface area (Å²) in [7, 11) is -1.65. The van der Waals surface area contributed by atoms with Gasteiger partial charge < -0.3 is 5.32 Å². The molecule has 0 spiro atoms. The van der Waals surface area contributed by atoms with Crippen molar-refractivity contribution in [2.45, 2.75) is 17.9 Å². The number of benzene rings is 1. The molecule has 0 fully saturated rings. The SMILES string of the molecule is CNCc1cccc(S(=O)(=O)NCCc2ccc(Cl)s2)c1. The van der Waals surface area contributed by atoms with Crippen LogP contribution in [0.3, 0.4) is 0 Å². The maximum atomic E-state index is 12.2. The molecule has 0 saturated heterocycles. The standard InChI is InChI=1S/C14H17ClN2O2S2/c1-16-10-11-3-2-4-13(9-11)21(18,19)17-8-7-12-5-6-14(15)20-12/h2-6,9,16-17H,7-8,10H2,1H3. The highest BCUT2D eigenvalue weighted by molar-refractivity contribution is 7.89. The molecule has 0 bridgehead atoms. The van der Waals surface area contributed by atoms with E-state index in [9.17, 15) is 8.42 Å². The average Bonchev–Trinajstić information content (AvgIpc) is 2.85. The van der Waals surface area contributed by atoms with Crippen molar-refractivity contribution in [2.24, 2.45) is 0 Å². The maximum absolute atomic E-state index is 12.2. The summed E-state index contributed by atoms with van der Waals surface area (Å²) in [6, 6.07) is 10.7. The highest BCUT2D eigenvalue weighted by Gasteiger charge is 2.13. The molecule has 0 atom stereocenters. The zero-order valence-corrected chi connectivity index (χ0v) is 14.0. The summed E-state index contributed by atoms with van der Waals surface area (Å²) in [5, 5.41) is 3.00. The van der Waals surface area contributed by atoms with Crippen molar-refractivity contribution in [3.63, 3.8) is 0 Å². The minimum atomic E-state index is -3.47. The third-order valence-electron chi connectivity index (χ3n) is 2.88. The van der Waals surface area contributed by atoms with Crippen LogP contribution in [-0.4, -0.2) is 22.0 Å². The van der Waals surface area contributed by atoms with Gasteiger partial charge in [-0.3, -0.25) is 0 Å². The van der Waals surface area contributed by atoms with E-state index in [1.807, 2.05) is 25.2 Å². The molecule has 7 heteroatoms. The fourth-order valence-electron chi connectivity index (χ4n) is 1.90. The van der Waals surface area contributed by atoms with Gasteiger partial charge in [-0.25, -0.2) is 13.1 Å². The third kappa shape index (κ3) is 4.79. The van der Waals surface area contributed by atoms with Gasteiger partial charge in [0, 0.05) is 18.0 Å². The van der Waals surface area contributed by atoms with Gasteiger partial charge >= 0.3 is 0 Å². The van der Waals surface area contributed by atoms with Crippen LogP contribution in [0.15, 0.2) is 41.3 Å². The van der Waals surface area contributed by atoms with Gasteiger partial charge in [0.2, 0.25) is 10.0 Å². The van der Waals surface area contributed by atoms with Gasteiger partial charge in [-0.2, -0.15) is 0 Å². The molecule has 0 amide bonds. The van der Waals surface area contributed by atoms with E-state index in [-0.39, 0.29) is 0 Å². The van der Waals surface area contributed by atoms with E-state index in [1.165, 1.54) is 11.3 Å². The van der Waals surface area contributed by atoms with Crippen molar-refractivity contribution >= 4 is 33.0 Å². The predicted molar refractivity (Wildman–Crippen MR) is 87.4 cm³/mol. The monoisotopic (exact) mass is 344 g/mol. The highest BCUT2D eigenvalue weighted by Crippen LogP contribution is 2.21. The first-order chi connectivity index (χ1) is 10.0. The minimum Gasteiger partial charge on any atom is -0.316 e. The summed E-state index contributed by atoms with van der Waals surface area (Å²) in [5.41, 5.74) is 0.936. The van der Waals surface area contributed by atoms with E-state index in [0.29, 0.717) is 28.7 Å². The number of thiophene rings is 1. The number of nitrogens with one attached hydrogen (secondary N) is 2. The third-order valence-corrected chi connectivity index (χ3v) is 5.63. The summed E-state index contributed by atoms with van der Waals surface area (Å²) < 4.78 is 27.8. The number of hydrogen-bond donors (Lipinski definition) is 2. The van der Waals surface area contributed by atoms with Crippen molar-refractivity contribution in [1.29, 1.82) is 0 Å². The lowest BCUT2D eigenvalue weighted by atomic mass is 10.2. The van der Waals surface area contributed by atoms with E-state index in [4.69, 9.17) is 11.6 Å². The average molecular weight is 345 g/mol. The molecule has 0 aliphatic rings. The molecular weight excluding hydrogens is 328 g/mol. The smallest absolute Gasteiger partial charge is 0.240 e. The van der Waals surface area contributed by atoms with Crippen LogP contribution >= 0.6 is 22.9 Å². The van der Waals surface area contributed by atoms with Gasteiger partial charge in [0.25, 0.3) is 0 Å². The van der Waals surface area contributed by atoms with Gasteiger partial charge in [0.05, 0.1) is 9.23 Å². The Morgan fingerprint density at radius 3 is 2.71 bits per heavy atom. The molecule has 4 nitrogen and oxygen atoms in total. The Kier molecular flexibility index (Phi) is 5.78. The van der Waals surface area contributed by atoms with Crippen molar-refractivity contribution in [1.82, 2.24) is 10.0 Å². The van der Waals surface area contributed by atoms with Gasteiger partial charge in [-0.1, -0.05) is 23.7 Å². The molecule has 21 heavy (non-hydrogen) atoms. The summed E-state index contributed by atoms with van der Waals surface area (Å²) in [6.45, 7) is 0.993. The minimum absolute atomic E-state index is 0.291. The second-order valence-corrected chi connectivity index (χ2v) is 8.10. The number of sulfonamides is 1. The van der Waals surface area contributed by atoms with E-state index in [0.717, 1.165) is 10.4 Å². The van der Waals surface area contributed by atoms with E-state index >= 15 is 0 Å². The molecule has 0 saturated carbocycles. The number of halogens is 1. The van der Waals surface area contributed by atoms with Crippen molar-refractivity contribution in [3.05, 3.63) is 51.2 Å². The molecule has 1 heterocycles. The van der Waals surface area contributed by atoms with Gasteiger partial charge in [0.15, 0.2) is 0 Å². The van der Waals surface area contributed by atoms with E-state index in [1.54, 1.807) is 18.2 Å². The van der Waals surface area contributed by atoms with Gasteiger partial charge in [0.1, 0.15) is 0 Å². The maximum Gasteiger partial charge on any atom is 0.240 e. The number of rotatable bonds is 7. The lowest BCUT2D eigenvalue weighted by Crippen LogP contribution is -2.26. The fourth-order valence-corrected chi connectivity index (χ4v) is 4.09. The van der Waals surface area contributed by atoms with Gasteiger partial charge in [-0.15, -0.1) is 11.3 Å². The zero-order valence-electron chi connectivity index (χ0n) is 11.6. The van der Waals surface area contributed by atoms with Crippen LogP contribution in [-0.2, 0) is 23.0 Å². The second-order valence-electron chi connectivity index (χ2n) is 4.53. The molecule has 114 valence electrons. The molecule has 0 aliphatic heterocycles. The largest absolute Gasteiger partial charge is 0.316 e. The van der Waals surface area contributed by atoms with Crippen LogP contribution in [0.5, 0.6) is 0 Å². The first kappa shape index (κ1) is 16.5. The molecule has 1 aromatic carbocycles. The van der Waals surface area contributed by atoms with Crippen molar-refractivity contribution < 1.29 is 8.42 Å². The Balaban J connectivity index is 1.99. The molecular formula is C14H17ClN2O2S2. The molecule has 1 aromatic heterocycles. The van der Waals surface area contributed by atoms with Crippen LogP contribution in [0.1, 0.15) is 10.4 Å². The molecule has 0 radical (unpaired) electrons. The fraction of sp³-hybridized carbons (Fsp3) is 0.286. The molecule has 2 aromatic rings. The highest BCUT2D eigenvalue weighted by atomic mass is 35.5. The number of hydrogen-bond acceptors (Lipinski definition) is 4. The first-order valence-electron chi connectivity index (χ1n) is 6.49. The van der Waals surface area contributed by atoms with E-state index in [2.05, 4.69) is 10.0 Å². The van der Waals surface area contributed by atoms with Gasteiger partial charge in [-0.05, 0) is 43.3 Å². The lowest BCUT2D eigenvalue weighted by Gasteiger charge is -2.08. The molecule has 0 unspecified atom stereocenters. The predicted octanol–water partition coefficient (Wildman–Crippen LogP) is 2.64. The van der Waals surface area contributed by atoms with E-state index < -0.39 is 10.0 Å². The summed E-state index contributed by atoms with van der Waals surface area (Å²) in [6.07, 6.45) is 0.632. The Morgan fingerprint density at radius 1 is 1.24 bits per heavy atom. The molecule has 0 aliphatic carbocycles. The van der Waals surface area contributed by atoms with Crippen LogP contribution in [0.25, 0.3) is 0 Å². The Bertz CT molecular complexity index is 699. The zero-order chi connectivity index (χ0) is 15.3. The van der Waals surface area contributed by atoms with Crippen molar-refractivity contribution in [3.8, 4) is 0 Å². The lowest BCUT2D eigenvalue weighted by molar-refractivity contribution is 0.581. The van der Waals surface area contributed by atoms with Crippen molar-refractivity contribution in [2.75, 3.05) is 13.6 Å². The Morgan fingerprint density at radius 2 is 2.05 bits per heavy atom. The normalized spacial score (nSPS) is 11.7. The van der Waals surface area contributed by atoms with Crippen LogP contribution < -0.4 is 10.0 Å². The summed E-state index contributed by atoms with van der Waals surface area (Å²) in [5.74, 6) is 0. The Hall–Kier alpha value is -0.920. The topological polar surface area (TPSA) is 58.2 Å². The summed E-state index contributed by atoms with van der Waals surface area (Å²) in [4.78, 5) is 1.35. The second kappa shape index (κ2) is 7.38. The summed E-state index contributed by atoms with van der Waals surface area (Å²) >= 11 is 7.31. The Labute approximate surface area is 134 Å². The van der Waals surface area contributed by atoms with Crippen LogP contribution in [0.2, 0.25) is 4.34 Å². The van der Waals surface area contributed by atoms with Crippen LogP contribution in [0, 0.1) is 0 Å². The molecule has 2 rings (SSSR count). The first-order valence-corrected chi connectivity index (χ1v) is 9.16. The quantitative estimate of drug-likeness (QED) is 0.811. The van der Waals surface area contributed by atoms with Crippen LogP contribution in [0.4, 0.5) is 0 Å².